The van der Waals surface area contributed by atoms with E-state index >= 15 is 0 Å². The van der Waals surface area contributed by atoms with E-state index in [0.717, 1.165) is 0 Å². The summed E-state index contributed by atoms with van der Waals surface area (Å²) < 4.78 is 1.21. The number of rotatable bonds is 2. The zero-order chi connectivity index (χ0) is 10.8. The van der Waals surface area contributed by atoms with E-state index in [1.165, 1.54) is 47.0 Å². The number of nitrogens with one attached hydrogen (secondary N) is 1. The van der Waals surface area contributed by atoms with Crippen LogP contribution in [0.2, 0.25) is 0 Å². The summed E-state index contributed by atoms with van der Waals surface area (Å²) in [5.41, 5.74) is 4.32. The molecule has 2 rings (SSSR count). The van der Waals surface area contributed by atoms with E-state index in [-0.39, 0.29) is 0 Å². The van der Waals surface area contributed by atoms with Gasteiger partial charge in [0.15, 0.2) is 0 Å². The minimum atomic E-state index is 0.692. The SMILES string of the molecule is Cc1cc(Br)cc(CC2CCCN2)c1C. The molecular weight excluding hydrogens is 250 g/mol. The summed E-state index contributed by atoms with van der Waals surface area (Å²) in [6, 6.07) is 5.15. The second-order valence-corrected chi connectivity index (χ2v) is 5.42. The summed E-state index contributed by atoms with van der Waals surface area (Å²) in [4.78, 5) is 0. The quantitative estimate of drug-likeness (QED) is 0.867. The zero-order valence-corrected chi connectivity index (χ0v) is 11.0. The Bertz CT molecular complexity index is 354. The molecule has 0 spiro atoms. The first-order valence-electron chi connectivity index (χ1n) is 5.66. The maximum atomic E-state index is 3.58. The van der Waals surface area contributed by atoms with Crippen LogP contribution >= 0.6 is 15.9 Å². The van der Waals surface area contributed by atoms with Crippen molar-refractivity contribution in [3.8, 4) is 0 Å². The molecule has 1 fully saturated rings. The Labute approximate surface area is 100 Å². The van der Waals surface area contributed by atoms with Crippen molar-refractivity contribution in [2.24, 2.45) is 0 Å². The van der Waals surface area contributed by atoms with Gasteiger partial charge in [0.2, 0.25) is 0 Å². The normalized spacial score (nSPS) is 20.9. The van der Waals surface area contributed by atoms with Crippen LogP contribution in [0.3, 0.4) is 0 Å². The fourth-order valence-electron chi connectivity index (χ4n) is 2.29. The second-order valence-electron chi connectivity index (χ2n) is 4.50. The van der Waals surface area contributed by atoms with Crippen LogP contribution in [0.4, 0.5) is 0 Å². The maximum absolute atomic E-state index is 3.58. The minimum absolute atomic E-state index is 0.692. The van der Waals surface area contributed by atoms with Crippen molar-refractivity contribution in [3.63, 3.8) is 0 Å². The van der Waals surface area contributed by atoms with E-state index in [0.29, 0.717) is 6.04 Å². The van der Waals surface area contributed by atoms with Gasteiger partial charge in [-0.05, 0) is 68.5 Å². The van der Waals surface area contributed by atoms with Gasteiger partial charge in [-0.3, -0.25) is 0 Å². The van der Waals surface area contributed by atoms with Crippen molar-refractivity contribution in [3.05, 3.63) is 33.3 Å². The van der Waals surface area contributed by atoms with Gasteiger partial charge in [-0.25, -0.2) is 0 Å². The predicted octanol–water partition coefficient (Wildman–Crippen LogP) is 3.36. The van der Waals surface area contributed by atoms with Crippen molar-refractivity contribution in [2.75, 3.05) is 6.54 Å². The van der Waals surface area contributed by atoms with Crippen LogP contribution < -0.4 is 5.32 Å². The van der Waals surface area contributed by atoms with Crippen LogP contribution in [0.15, 0.2) is 16.6 Å². The molecule has 1 heterocycles. The van der Waals surface area contributed by atoms with Gasteiger partial charge in [-0.1, -0.05) is 15.9 Å². The molecule has 1 aromatic rings. The Hall–Kier alpha value is -0.340. The van der Waals surface area contributed by atoms with E-state index in [1.54, 1.807) is 0 Å². The number of halogens is 1. The Balaban J connectivity index is 2.19. The molecule has 1 aliphatic rings. The van der Waals surface area contributed by atoms with Gasteiger partial charge in [0.25, 0.3) is 0 Å². The summed E-state index contributed by atoms with van der Waals surface area (Å²) in [6.45, 7) is 5.61. The first kappa shape index (κ1) is 11.2. The topological polar surface area (TPSA) is 12.0 Å². The molecule has 1 atom stereocenters. The van der Waals surface area contributed by atoms with Crippen LogP contribution in [0.1, 0.15) is 29.5 Å². The molecular formula is C13H18BrN. The average molecular weight is 268 g/mol. The van der Waals surface area contributed by atoms with Gasteiger partial charge >= 0.3 is 0 Å². The molecule has 1 N–H and O–H groups in total. The molecule has 1 unspecified atom stereocenters. The first-order chi connectivity index (χ1) is 7.16. The lowest BCUT2D eigenvalue weighted by Gasteiger charge is -2.14. The molecule has 0 bridgehead atoms. The highest BCUT2D eigenvalue weighted by molar-refractivity contribution is 9.10. The number of benzene rings is 1. The van der Waals surface area contributed by atoms with E-state index in [4.69, 9.17) is 0 Å². The van der Waals surface area contributed by atoms with Crippen LogP contribution in [0, 0.1) is 13.8 Å². The molecule has 0 aliphatic carbocycles. The smallest absolute Gasteiger partial charge is 0.0180 e. The lowest BCUT2D eigenvalue weighted by atomic mass is 9.97. The molecule has 15 heavy (non-hydrogen) atoms. The first-order valence-corrected chi connectivity index (χ1v) is 6.45. The molecule has 0 amide bonds. The molecule has 1 aromatic carbocycles. The van der Waals surface area contributed by atoms with E-state index in [2.05, 4.69) is 47.2 Å². The Morgan fingerprint density at radius 2 is 2.20 bits per heavy atom. The number of hydrogen-bond acceptors (Lipinski definition) is 1. The van der Waals surface area contributed by atoms with Crippen molar-refractivity contribution < 1.29 is 0 Å². The second kappa shape index (κ2) is 4.67. The monoisotopic (exact) mass is 267 g/mol. The van der Waals surface area contributed by atoms with Crippen molar-refractivity contribution in [1.82, 2.24) is 5.32 Å². The van der Waals surface area contributed by atoms with Gasteiger partial charge in [0, 0.05) is 10.5 Å². The molecule has 0 saturated carbocycles. The van der Waals surface area contributed by atoms with Crippen molar-refractivity contribution in [2.45, 2.75) is 39.2 Å². The standard InChI is InChI=1S/C13H18BrN/c1-9-6-12(14)7-11(10(9)2)8-13-4-3-5-15-13/h6-7,13,15H,3-5,8H2,1-2H3. The van der Waals surface area contributed by atoms with E-state index in [9.17, 15) is 0 Å². The lowest BCUT2D eigenvalue weighted by molar-refractivity contribution is 0.601. The lowest BCUT2D eigenvalue weighted by Crippen LogP contribution is -2.24. The third kappa shape index (κ3) is 2.61. The number of hydrogen-bond donors (Lipinski definition) is 1. The third-order valence-corrected chi connectivity index (χ3v) is 3.83. The maximum Gasteiger partial charge on any atom is 0.0180 e. The van der Waals surface area contributed by atoms with Gasteiger partial charge in [0.05, 0.1) is 0 Å². The highest BCUT2D eigenvalue weighted by Gasteiger charge is 2.15. The average Bonchev–Trinajstić information content (AvgIpc) is 2.66. The summed E-state index contributed by atoms with van der Waals surface area (Å²) in [6.07, 6.45) is 3.83. The molecule has 82 valence electrons. The largest absolute Gasteiger partial charge is 0.314 e. The number of aryl methyl sites for hydroxylation is 1. The fraction of sp³-hybridized carbons (Fsp3) is 0.538. The molecule has 0 radical (unpaired) electrons. The molecule has 1 aliphatic heterocycles. The summed E-state index contributed by atoms with van der Waals surface area (Å²) in [5.74, 6) is 0. The third-order valence-electron chi connectivity index (χ3n) is 3.37. The van der Waals surface area contributed by atoms with E-state index < -0.39 is 0 Å². The minimum Gasteiger partial charge on any atom is -0.314 e. The Morgan fingerprint density at radius 3 is 2.87 bits per heavy atom. The van der Waals surface area contributed by atoms with E-state index in [1.807, 2.05) is 0 Å². The fourth-order valence-corrected chi connectivity index (χ4v) is 2.91. The van der Waals surface area contributed by atoms with Crippen LogP contribution in [0.25, 0.3) is 0 Å². The molecule has 0 aromatic heterocycles. The van der Waals surface area contributed by atoms with Gasteiger partial charge in [0.1, 0.15) is 0 Å². The summed E-state index contributed by atoms with van der Waals surface area (Å²) >= 11 is 3.58. The molecule has 2 heteroatoms. The van der Waals surface area contributed by atoms with Crippen LogP contribution in [0.5, 0.6) is 0 Å². The zero-order valence-electron chi connectivity index (χ0n) is 9.44. The highest BCUT2D eigenvalue weighted by Crippen LogP contribution is 2.23. The summed E-state index contributed by atoms with van der Waals surface area (Å²) in [5, 5.41) is 3.56. The van der Waals surface area contributed by atoms with Gasteiger partial charge < -0.3 is 5.32 Å². The molecule has 1 nitrogen and oxygen atoms in total. The summed E-state index contributed by atoms with van der Waals surface area (Å²) in [7, 11) is 0. The van der Waals surface area contributed by atoms with Crippen molar-refractivity contribution >= 4 is 15.9 Å². The van der Waals surface area contributed by atoms with Gasteiger partial charge in [-0.15, -0.1) is 0 Å². The van der Waals surface area contributed by atoms with Crippen LogP contribution in [-0.2, 0) is 6.42 Å². The van der Waals surface area contributed by atoms with Gasteiger partial charge in [-0.2, -0.15) is 0 Å². The predicted molar refractivity (Wildman–Crippen MR) is 68.3 cm³/mol. The van der Waals surface area contributed by atoms with Crippen molar-refractivity contribution in [1.29, 1.82) is 0 Å². The Morgan fingerprint density at radius 1 is 1.40 bits per heavy atom. The Kier molecular flexibility index (Phi) is 3.47. The van der Waals surface area contributed by atoms with Crippen LogP contribution in [-0.4, -0.2) is 12.6 Å². The molecule has 1 saturated heterocycles. The highest BCUT2D eigenvalue weighted by atomic mass is 79.9.